The number of fused-ring (bicyclic) bond motifs is 2. The van der Waals surface area contributed by atoms with E-state index in [0.717, 1.165) is 13.1 Å². The van der Waals surface area contributed by atoms with Crippen molar-refractivity contribution in [3.63, 3.8) is 0 Å². The summed E-state index contributed by atoms with van der Waals surface area (Å²) in [6.07, 6.45) is 0. The summed E-state index contributed by atoms with van der Waals surface area (Å²) in [6, 6.07) is 15.0. The summed E-state index contributed by atoms with van der Waals surface area (Å²) >= 11 is 1.83. The molecule has 0 aliphatic carbocycles. The van der Waals surface area contributed by atoms with Crippen molar-refractivity contribution in [1.29, 1.82) is 0 Å². The maximum atomic E-state index is 3.48. The van der Waals surface area contributed by atoms with Crippen LogP contribution in [-0.4, -0.2) is 13.1 Å². The molecule has 2 heterocycles. The maximum Gasteiger partial charge on any atom is 0.0533 e. The van der Waals surface area contributed by atoms with Gasteiger partial charge in [-0.2, -0.15) is 0 Å². The summed E-state index contributed by atoms with van der Waals surface area (Å²) in [5, 5.41) is 5.66. The van der Waals surface area contributed by atoms with E-state index < -0.39 is 0 Å². The summed E-state index contributed by atoms with van der Waals surface area (Å²) in [6.45, 7) is 2.17. The molecule has 0 amide bonds. The van der Waals surface area contributed by atoms with Crippen LogP contribution in [0.3, 0.4) is 0 Å². The smallest absolute Gasteiger partial charge is 0.0533 e. The lowest BCUT2D eigenvalue weighted by Crippen LogP contribution is -2.53. The molecule has 18 heavy (non-hydrogen) atoms. The number of para-hydroxylation sites is 1. The van der Waals surface area contributed by atoms with E-state index in [0.29, 0.717) is 0 Å². The highest BCUT2D eigenvalue weighted by molar-refractivity contribution is 7.99. The number of nitrogens with one attached hydrogen (secondary N) is 2. The Morgan fingerprint density at radius 3 is 2.67 bits per heavy atom. The van der Waals surface area contributed by atoms with Crippen molar-refractivity contribution in [2.75, 3.05) is 23.4 Å². The van der Waals surface area contributed by atoms with E-state index >= 15 is 0 Å². The molecular weight excluding hydrogens is 242 g/mol. The van der Waals surface area contributed by atoms with Crippen LogP contribution in [0, 0.1) is 0 Å². The number of benzene rings is 2. The second-order valence-corrected chi connectivity index (χ2v) is 5.55. The zero-order chi connectivity index (χ0) is 11.9. The lowest BCUT2D eigenvalue weighted by Gasteiger charge is -2.35. The molecule has 1 saturated heterocycles. The fourth-order valence-corrected chi connectivity index (χ4v) is 3.25. The third kappa shape index (κ3) is 1.57. The Bertz CT molecular complexity index is 608. The number of hydrazine groups is 1. The second kappa shape index (κ2) is 3.93. The van der Waals surface area contributed by atoms with Crippen LogP contribution in [0.5, 0.6) is 0 Å². The molecule has 2 aliphatic heterocycles. The van der Waals surface area contributed by atoms with Crippen LogP contribution in [0.2, 0.25) is 0 Å². The van der Waals surface area contributed by atoms with E-state index in [4.69, 9.17) is 0 Å². The average molecular weight is 255 g/mol. The number of rotatable bonds is 1. The molecule has 0 unspecified atom stereocenters. The maximum absolute atomic E-state index is 3.48. The third-order valence-corrected chi connectivity index (χ3v) is 4.42. The van der Waals surface area contributed by atoms with Gasteiger partial charge in [0.05, 0.1) is 17.1 Å². The number of hydrogen-bond acceptors (Lipinski definition) is 4. The van der Waals surface area contributed by atoms with Crippen LogP contribution in [0.15, 0.2) is 52.3 Å². The fraction of sp³-hybridized carbons (Fsp3) is 0.143. The number of nitrogens with zero attached hydrogens (tertiary/aromatic N) is 1. The third-order valence-electron chi connectivity index (χ3n) is 3.29. The second-order valence-electron chi connectivity index (χ2n) is 4.46. The Balaban J connectivity index is 1.72. The van der Waals surface area contributed by atoms with E-state index in [1.54, 1.807) is 0 Å². The molecule has 2 N–H and O–H groups in total. The Labute approximate surface area is 110 Å². The minimum atomic E-state index is 1.07. The van der Waals surface area contributed by atoms with Crippen LogP contribution >= 0.6 is 11.8 Å². The van der Waals surface area contributed by atoms with Gasteiger partial charge in [0.15, 0.2) is 0 Å². The lowest BCUT2D eigenvalue weighted by molar-refractivity contribution is 0.515. The monoisotopic (exact) mass is 255 g/mol. The Morgan fingerprint density at radius 1 is 1.00 bits per heavy atom. The first-order valence-corrected chi connectivity index (χ1v) is 6.91. The molecule has 90 valence electrons. The fourth-order valence-electron chi connectivity index (χ4n) is 2.23. The van der Waals surface area contributed by atoms with Crippen molar-refractivity contribution in [2.45, 2.75) is 9.79 Å². The predicted molar refractivity (Wildman–Crippen MR) is 75.6 cm³/mol. The summed E-state index contributed by atoms with van der Waals surface area (Å²) < 4.78 is 0. The minimum Gasteiger partial charge on any atom is -0.354 e. The van der Waals surface area contributed by atoms with Crippen LogP contribution in [0.25, 0.3) is 0 Å². The van der Waals surface area contributed by atoms with Crippen molar-refractivity contribution in [2.24, 2.45) is 0 Å². The SMILES string of the molecule is c1ccc2c(c1)Nc1ccc(N3CCN3)cc1S2. The molecule has 0 radical (unpaired) electrons. The Kier molecular flexibility index (Phi) is 2.25. The highest BCUT2D eigenvalue weighted by Crippen LogP contribution is 2.45. The predicted octanol–water partition coefficient (Wildman–Crippen LogP) is 3.22. The molecule has 4 heteroatoms. The number of anilines is 3. The molecule has 1 fully saturated rings. The van der Waals surface area contributed by atoms with Gasteiger partial charge in [0.2, 0.25) is 0 Å². The van der Waals surface area contributed by atoms with Crippen molar-refractivity contribution in [1.82, 2.24) is 5.43 Å². The zero-order valence-corrected chi connectivity index (χ0v) is 10.6. The molecule has 0 saturated carbocycles. The summed E-state index contributed by atoms with van der Waals surface area (Å²) in [4.78, 5) is 2.58. The van der Waals surface area contributed by atoms with Crippen LogP contribution in [0.1, 0.15) is 0 Å². The van der Waals surface area contributed by atoms with E-state index in [1.165, 1.54) is 26.9 Å². The van der Waals surface area contributed by atoms with Gasteiger partial charge in [0.1, 0.15) is 0 Å². The van der Waals surface area contributed by atoms with Gasteiger partial charge in [-0.15, -0.1) is 0 Å². The first-order chi connectivity index (χ1) is 8.90. The molecular formula is C14H13N3S. The Morgan fingerprint density at radius 2 is 1.83 bits per heavy atom. The molecule has 4 rings (SSSR count). The largest absolute Gasteiger partial charge is 0.354 e. The van der Waals surface area contributed by atoms with Crippen LogP contribution in [0.4, 0.5) is 17.1 Å². The van der Waals surface area contributed by atoms with Gasteiger partial charge in [-0.1, -0.05) is 23.9 Å². The van der Waals surface area contributed by atoms with E-state index in [-0.39, 0.29) is 0 Å². The Hall–Kier alpha value is -1.65. The highest BCUT2D eigenvalue weighted by atomic mass is 32.2. The average Bonchev–Trinajstić information content (AvgIpc) is 2.34. The molecule has 2 aliphatic rings. The molecule has 0 spiro atoms. The van der Waals surface area contributed by atoms with Gasteiger partial charge in [-0.05, 0) is 30.3 Å². The van der Waals surface area contributed by atoms with Crippen molar-refractivity contribution >= 4 is 28.8 Å². The van der Waals surface area contributed by atoms with Gasteiger partial charge in [-0.3, -0.25) is 0 Å². The van der Waals surface area contributed by atoms with Crippen molar-refractivity contribution in [3.8, 4) is 0 Å². The zero-order valence-electron chi connectivity index (χ0n) is 9.81. The van der Waals surface area contributed by atoms with Crippen molar-refractivity contribution in [3.05, 3.63) is 42.5 Å². The van der Waals surface area contributed by atoms with Crippen molar-refractivity contribution < 1.29 is 0 Å². The summed E-state index contributed by atoms with van der Waals surface area (Å²) in [7, 11) is 0. The summed E-state index contributed by atoms with van der Waals surface area (Å²) in [5.74, 6) is 0. The first-order valence-electron chi connectivity index (χ1n) is 6.09. The molecule has 0 aromatic heterocycles. The highest BCUT2D eigenvalue weighted by Gasteiger charge is 2.19. The number of hydrogen-bond donors (Lipinski definition) is 2. The van der Waals surface area contributed by atoms with Gasteiger partial charge in [0, 0.05) is 22.9 Å². The van der Waals surface area contributed by atoms with Gasteiger partial charge < -0.3 is 10.3 Å². The first kappa shape index (κ1) is 10.3. The normalized spacial score (nSPS) is 16.3. The minimum absolute atomic E-state index is 1.07. The molecule has 0 bridgehead atoms. The summed E-state index contributed by atoms with van der Waals surface area (Å²) in [5.41, 5.74) is 6.93. The topological polar surface area (TPSA) is 27.3 Å². The quantitative estimate of drug-likeness (QED) is 0.698. The molecule has 2 aromatic carbocycles. The van der Waals surface area contributed by atoms with Gasteiger partial charge >= 0.3 is 0 Å². The lowest BCUT2D eigenvalue weighted by atomic mass is 10.2. The molecule has 2 aromatic rings. The van der Waals surface area contributed by atoms with Gasteiger partial charge in [-0.25, -0.2) is 5.43 Å². The van der Waals surface area contributed by atoms with Gasteiger partial charge in [0.25, 0.3) is 0 Å². The van der Waals surface area contributed by atoms with Crippen LogP contribution in [-0.2, 0) is 0 Å². The molecule has 0 atom stereocenters. The van der Waals surface area contributed by atoms with E-state index in [2.05, 4.69) is 58.2 Å². The molecule has 3 nitrogen and oxygen atoms in total. The van der Waals surface area contributed by atoms with Crippen LogP contribution < -0.4 is 15.8 Å². The van der Waals surface area contributed by atoms with E-state index in [9.17, 15) is 0 Å². The van der Waals surface area contributed by atoms with E-state index in [1.807, 2.05) is 11.8 Å². The standard InChI is InChI=1S/C14H13N3S/c1-2-4-13-11(3-1)16-12-6-5-10(9-14(12)18-13)17-8-7-15-17/h1-6,9,15-16H,7-8H2.